The number of hydrogen-bond donors (Lipinski definition) is 0. The Kier molecular flexibility index (Phi) is 4.76. The number of rotatable bonds is 5. The first-order valence-corrected chi connectivity index (χ1v) is 8.93. The quantitative estimate of drug-likeness (QED) is 0.407. The molecule has 0 unspecified atom stereocenters. The highest BCUT2D eigenvalue weighted by molar-refractivity contribution is 6.13. The normalized spacial score (nSPS) is 11.4. The fraction of sp³-hybridized carbons (Fsp3) is 0.0870. The molecule has 0 saturated heterocycles. The highest BCUT2D eigenvalue weighted by atomic mass is 19.3. The average Bonchev–Trinajstić information content (AvgIpc) is 3.20. The predicted molar refractivity (Wildman–Crippen MR) is 105 cm³/mol. The topological polar surface area (TPSA) is 56.0 Å². The van der Waals surface area contributed by atoms with Crippen molar-refractivity contribution in [1.29, 1.82) is 0 Å². The van der Waals surface area contributed by atoms with Gasteiger partial charge in [-0.25, -0.2) is 0 Å². The summed E-state index contributed by atoms with van der Waals surface area (Å²) in [5.74, 6) is -4.73. The lowest BCUT2D eigenvalue weighted by Crippen LogP contribution is -2.13. The van der Waals surface area contributed by atoms with Crippen LogP contribution in [0.1, 0.15) is 28.6 Å². The van der Waals surface area contributed by atoms with Crippen LogP contribution in [0.2, 0.25) is 0 Å². The van der Waals surface area contributed by atoms with Gasteiger partial charge in [-0.1, -0.05) is 59.8 Å². The Morgan fingerprint density at radius 1 is 0.897 bits per heavy atom. The SMILES string of the molecule is CC(F)(F)c1onc(-c2ccc(-c3ccccc3)cc2)c1C(=O)c1cccnc1. The van der Waals surface area contributed by atoms with Gasteiger partial charge in [0.05, 0.1) is 5.56 Å². The Bertz CT molecular complexity index is 1130. The summed E-state index contributed by atoms with van der Waals surface area (Å²) in [4.78, 5) is 16.9. The molecule has 4 aromatic rings. The molecule has 4 rings (SSSR count). The number of nitrogens with zero attached hydrogens (tertiary/aromatic N) is 2. The third-order valence-electron chi connectivity index (χ3n) is 4.51. The molecule has 144 valence electrons. The second kappa shape index (κ2) is 7.39. The number of aromatic nitrogens is 2. The lowest BCUT2D eigenvalue weighted by molar-refractivity contribution is -0.0113. The molecule has 29 heavy (non-hydrogen) atoms. The molecule has 0 radical (unpaired) electrons. The number of carbonyl (C=O) groups is 1. The molecule has 0 fully saturated rings. The number of halogens is 2. The van der Waals surface area contributed by atoms with E-state index in [1.165, 1.54) is 18.5 Å². The van der Waals surface area contributed by atoms with Crippen molar-refractivity contribution in [2.45, 2.75) is 12.8 Å². The van der Waals surface area contributed by atoms with Crippen LogP contribution in [0.5, 0.6) is 0 Å². The molecule has 0 saturated carbocycles. The van der Waals surface area contributed by atoms with Crippen LogP contribution >= 0.6 is 0 Å². The number of carbonyl (C=O) groups excluding carboxylic acids is 1. The van der Waals surface area contributed by atoms with Crippen LogP contribution in [0.4, 0.5) is 8.78 Å². The molecule has 2 heterocycles. The van der Waals surface area contributed by atoms with E-state index < -0.39 is 17.5 Å². The van der Waals surface area contributed by atoms with Gasteiger partial charge in [0.1, 0.15) is 5.69 Å². The van der Waals surface area contributed by atoms with Crippen LogP contribution in [0.25, 0.3) is 22.4 Å². The largest absolute Gasteiger partial charge is 0.353 e. The molecule has 0 aliphatic rings. The van der Waals surface area contributed by atoms with Gasteiger partial charge in [0.25, 0.3) is 0 Å². The predicted octanol–water partition coefficient (Wildman–Crippen LogP) is 5.75. The summed E-state index contributed by atoms with van der Waals surface area (Å²) in [5, 5.41) is 3.81. The van der Waals surface area contributed by atoms with Gasteiger partial charge in [-0.15, -0.1) is 0 Å². The maximum atomic E-state index is 14.1. The Morgan fingerprint density at radius 3 is 2.17 bits per heavy atom. The van der Waals surface area contributed by atoms with Crippen LogP contribution in [0.15, 0.2) is 83.6 Å². The van der Waals surface area contributed by atoms with Gasteiger partial charge in [0.15, 0.2) is 0 Å². The van der Waals surface area contributed by atoms with Gasteiger partial charge >= 0.3 is 5.92 Å². The van der Waals surface area contributed by atoms with Crippen LogP contribution < -0.4 is 0 Å². The molecule has 0 bridgehead atoms. The summed E-state index contributed by atoms with van der Waals surface area (Å²) in [7, 11) is 0. The minimum Gasteiger partial charge on any atom is -0.353 e. The molecule has 0 aliphatic heterocycles. The molecule has 0 amide bonds. The zero-order chi connectivity index (χ0) is 20.4. The Labute approximate surface area is 165 Å². The van der Waals surface area contributed by atoms with Crippen molar-refractivity contribution in [3.8, 4) is 22.4 Å². The van der Waals surface area contributed by atoms with Crippen LogP contribution in [0.3, 0.4) is 0 Å². The number of ketones is 1. The average molecular weight is 390 g/mol. The van der Waals surface area contributed by atoms with E-state index in [2.05, 4.69) is 10.1 Å². The molecular weight excluding hydrogens is 374 g/mol. The van der Waals surface area contributed by atoms with E-state index in [0.717, 1.165) is 11.1 Å². The standard InChI is InChI=1S/C23H16F2N2O2/c1-23(24,25)22-19(21(28)18-8-5-13-26-14-18)20(27-29-22)17-11-9-16(10-12-17)15-6-3-2-4-7-15/h2-14H,1H3. The molecule has 0 atom stereocenters. The molecule has 0 N–H and O–H groups in total. The fourth-order valence-corrected chi connectivity index (χ4v) is 3.09. The molecule has 0 aliphatic carbocycles. The van der Waals surface area contributed by atoms with Crippen LogP contribution in [0, 0.1) is 0 Å². The Balaban J connectivity index is 1.80. The van der Waals surface area contributed by atoms with Gasteiger partial charge in [0, 0.05) is 30.4 Å². The van der Waals surface area contributed by atoms with Crippen molar-refractivity contribution in [3.63, 3.8) is 0 Å². The zero-order valence-corrected chi connectivity index (χ0v) is 15.5. The number of pyridine rings is 1. The Hall–Kier alpha value is -3.67. The van der Waals surface area contributed by atoms with Gasteiger partial charge in [-0.3, -0.25) is 9.78 Å². The van der Waals surface area contributed by atoms with E-state index in [1.54, 1.807) is 18.2 Å². The Morgan fingerprint density at radius 2 is 1.55 bits per heavy atom. The van der Waals surface area contributed by atoms with Crippen molar-refractivity contribution in [2.75, 3.05) is 0 Å². The minimum absolute atomic E-state index is 0.0787. The van der Waals surface area contributed by atoms with Crippen molar-refractivity contribution in [1.82, 2.24) is 10.1 Å². The minimum atomic E-state index is -3.36. The number of benzene rings is 2. The maximum Gasteiger partial charge on any atom is 0.305 e. The number of alkyl halides is 2. The van der Waals surface area contributed by atoms with Gasteiger partial charge in [-0.2, -0.15) is 8.78 Å². The molecule has 6 heteroatoms. The maximum absolute atomic E-state index is 14.1. The second-order valence-electron chi connectivity index (χ2n) is 6.64. The second-order valence-corrected chi connectivity index (χ2v) is 6.64. The van der Waals surface area contributed by atoms with E-state index in [0.29, 0.717) is 12.5 Å². The highest BCUT2D eigenvalue weighted by Gasteiger charge is 2.38. The van der Waals surface area contributed by atoms with Crippen molar-refractivity contribution in [3.05, 3.63) is 96.0 Å². The van der Waals surface area contributed by atoms with E-state index in [9.17, 15) is 13.6 Å². The van der Waals surface area contributed by atoms with E-state index in [1.807, 2.05) is 42.5 Å². The lowest BCUT2D eigenvalue weighted by atomic mass is 9.96. The summed E-state index contributed by atoms with van der Waals surface area (Å²) in [6.07, 6.45) is 2.83. The summed E-state index contributed by atoms with van der Waals surface area (Å²) in [5.41, 5.74) is 2.50. The van der Waals surface area contributed by atoms with Gasteiger partial charge in [0.2, 0.25) is 11.5 Å². The van der Waals surface area contributed by atoms with E-state index >= 15 is 0 Å². The lowest BCUT2D eigenvalue weighted by Gasteiger charge is -2.09. The summed E-state index contributed by atoms with van der Waals surface area (Å²) in [6.45, 7) is 0.676. The third-order valence-corrected chi connectivity index (χ3v) is 4.51. The molecule has 4 nitrogen and oxygen atoms in total. The van der Waals surface area contributed by atoms with Crippen molar-refractivity contribution < 1.29 is 18.1 Å². The first kappa shape index (κ1) is 18.7. The van der Waals surface area contributed by atoms with Gasteiger partial charge < -0.3 is 4.52 Å². The molecule has 0 spiro atoms. The third kappa shape index (κ3) is 3.69. The van der Waals surface area contributed by atoms with Crippen LogP contribution in [-0.4, -0.2) is 15.9 Å². The molecule has 2 aromatic carbocycles. The fourth-order valence-electron chi connectivity index (χ4n) is 3.09. The van der Waals surface area contributed by atoms with Crippen molar-refractivity contribution in [2.24, 2.45) is 0 Å². The summed E-state index contributed by atoms with van der Waals surface area (Å²) >= 11 is 0. The number of hydrogen-bond acceptors (Lipinski definition) is 4. The first-order chi connectivity index (χ1) is 13.9. The monoisotopic (exact) mass is 390 g/mol. The summed E-state index contributed by atoms with van der Waals surface area (Å²) in [6, 6.07) is 20.0. The van der Waals surface area contributed by atoms with Crippen molar-refractivity contribution >= 4 is 5.78 Å². The summed E-state index contributed by atoms with van der Waals surface area (Å²) < 4.78 is 33.1. The van der Waals surface area contributed by atoms with E-state index in [-0.39, 0.29) is 16.8 Å². The van der Waals surface area contributed by atoms with Gasteiger partial charge in [-0.05, 0) is 23.3 Å². The van der Waals surface area contributed by atoms with Crippen LogP contribution in [-0.2, 0) is 5.92 Å². The van der Waals surface area contributed by atoms with E-state index in [4.69, 9.17) is 4.52 Å². The highest BCUT2D eigenvalue weighted by Crippen LogP contribution is 2.37. The smallest absolute Gasteiger partial charge is 0.305 e. The zero-order valence-electron chi connectivity index (χ0n) is 15.5. The molecule has 2 aromatic heterocycles. The molecular formula is C23H16F2N2O2. The first-order valence-electron chi connectivity index (χ1n) is 8.93.